The molecule has 0 spiro atoms. The van der Waals surface area contributed by atoms with Crippen LogP contribution in [-0.4, -0.2) is 41.5 Å². The normalized spacial score (nSPS) is 18.3. The van der Waals surface area contributed by atoms with Crippen LogP contribution in [0.25, 0.3) is 0 Å². The van der Waals surface area contributed by atoms with Crippen molar-refractivity contribution >= 4 is 5.96 Å². The number of aliphatic imine (C=N–C) groups is 1. The third-order valence-corrected chi connectivity index (χ3v) is 4.96. The first-order valence-corrected chi connectivity index (χ1v) is 9.16. The van der Waals surface area contributed by atoms with E-state index in [0.717, 1.165) is 22.6 Å². The lowest BCUT2D eigenvalue weighted by Gasteiger charge is -2.30. The predicted octanol–water partition coefficient (Wildman–Crippen LogP) is 2.82. The second-order valence-corrected chi connectivity index (χ2v) is 6.53. The summed E-state index contributed by atoms with van der Waals surface area (Å²) in [5, 5.41) is 3.24. The number of hydrogen-bond acceptors (Lipinski definition) is 8. The molecule has 2 unspecified atom stereocenters. The minimum Gasteiger partial charge on any atom is -0.497 e. The van der Waals surface area contributed by atoms with Gasteiger partial charge in [-0.3, -0.25) is 0 Å². The molecule has 2 aromatic carbocycles. The van der Waals surface area contributed by atoms with Crippen molar-refractivity contribution in [3.05, 3.63) is 41.5 Å². The summed E-state index contributed by atoms with van der Waals surface area (Å²) < 4.78 is 27.3. The molecule has 3 N–H and O–H groups in total. The van der Waals surface area contributed by atoms with Gasteiger partial charge in [-0.05, 0) is 42.3 Å². The van der Waals surface area contributed by atoms with Gasteiger partial charge in [0.2, 0.25) is 5.75 Å². The first-order valence-electron chi connectivity index (χ1n) is 9.16. The molecule has 0 saturated carbocycles. The number of nitrogens with zero attached hydrogens (tertiary/aromatic N) is 1. The third kappa shape index (κ3) is 4.11. The van der Waals surface area contributed by atoms with Crippen LogP contribution in [-0.2, 0) is 0 Å². The number of rotatable bonds is 7. The fourth-order valence-electron chi connectivity index (χ4n) is 3.54. The average molecular weight is 401 g/mol. The zero-order valence-electron chi connectivity index (χ0n) is 17.3. The van der Waals surface area contributed by atoms with Gasteiger partial charge in [0.05, 0.1) is 47.6 Å². The molecule has 1 aliphatic heterocycles. The van der Waals surface area contributed by atoms with Gasteiger partial charge in [0.15, 0.2) is 17.5 Å². The van der Waals surface area contributed by atoms with Crippen molar-refractivity contribution in [1.29, 1.82) is 0 Å². The van der Waals surface area contributed by atoms with E-state index in [1.54, 1.807) is 35.5 Å². The molecule has 3 rings (SSSR count). The van der Waals surface area contributed by atoms with Gasteiger partial charge in [0.1, 0.15) is 11.5 Å². The summed E-state index contributed by atoms with van der Waals surface area (Å²) in [6.45, 7) is 0. The highest BCUT2D eigenvalue weighted by molar-refractivity contribution is 5.79. The summed E-state index contributed by atoms with van der Waals surface area (Å²) in [6.07, 6.45) is 0.656. The summed E-state index contributed by atoms with van der Waals surface area (Å²) in [5.74, 6) is 3.53. The van der Waals surface area contributed by atoms with Crippen LogP contribution in [0.3, 0.4) is 0 Å². The lowest BCUT2D eigenvalue weighted by atomic mass is 9.92. The average Bonchev–Trinajstić information content (AvgIpc) is 2.76. The van der Waals surface area contributed by atoms with Crippen LogP contribution >= 0.6 is 0 Å². The summed E-state index contributed by atoms with van der Waals surface area (Å²) >= 11 is 0. The lowest BCUT2D eigenvalue weighted by Crippen LogP contribution is -2.39. The number of benzene rings is 2. The van der Waals surface area contributed by atoms with Gasteiger partial charge in [-0.15, -0.1) is 0 Å². The number of methoxy groups -OCH3 is 5. The van der Waals surface area contributed by atoms with Crippen LogP contribution in [0.1, 0.15) is 29.6 Å². The van der Waals surface area contributed by atoms with Crippen molar-refractivity contribution < 1.29 is 23.7 Å². The fourth-order valence-corrected chi connectivity index (χ4v) is 3.54. The molecule has 0 radical (unpaired) electrons. The molecule has 0 aliphatic carbocycles. The summed E-state index contributed by atoms with van der Waals surface area (Å²) in [6, 6.07) is 9.17. The number of guanidine groups is 1. The van der Waals surface area contributed by atoms with E-state index in [4.69, 9.17) is 29.4 Å². The molecule has 0 bridgehead atoms. The Morgan fingerprint density at radius 1 is 0.862 bits per heavy atom. The van der Waals surface area contributed by atoms with E-state index in [-0.39, 0.29) is 12.1 Å². The van der Waals surface area contributed by atoms with Crippen LogP contribution in [0.15, 0.2) is 35.3 Å². The summed E-state index contributed by atoms with van der Waals surface area (Å²) in [7, 11) is 8.03. The second kappa shape index (κ2) is 8.81. The van der Waals surface area contributed by atoms with E-state index in [1.807, 2.05) is 30.3 Å². The van der Waals surface area contributed by atoms with Crippen LogP contribution in [0.2, 0.25) is 0 Å². The zero-order chi connectivity index (χ0) is 21.0. The standard InChI is InChI=1S/C21H27N3O5/c1-25-13-6-7-17(26-2)14(10-13)16-11-15(23-21(22)24-16)12-8-18(27-3)20(29-5)19(9-12)28-4/h6-10,15-16H,11H2,1-5H3,(H3,22,23,24). The van der Waals surface area contributed by atoms with E-state index in [2.05, 4.69) is 10.3 Å². The van der Waals surface area contributed by atoms with Gasteiger partial charge in [-0.25, -0.2) is 4.99 Å². The van der Waals surface area contributed by atoms with Gasteiger partial charge in [-0.2, -0.15) is 0 Å². The lowest BCUT2D eigenvalue weighted by molar-refractivity contribution is 0.323. The Kier molecular flexibility index (Phi) is 6.21. The zero-order valence-corrected chi connectivity index (χ0v) is 17.3. The number of hydrogen-bond donors (Lipinski definition) is 2. The fraction of sp³-hybridized carbons (Fsp3) is 0.381. The van der Waals surface area contributed by atoms with Crippen LogP contribution in [0.5, 0.6) is 28.7 Å². The smallest absolute Gasteiger partial charge is 0.203 e. The van der Waals surface area contributed by atoms with Crippen molar-refractivity contribution in [2.75, 3.05) is 35.5 Å². The maximum absolute atomic E-state index is 6.13. The SMILES string of the molecule is COc1ccc(OC)c(C2CC(c3cc(OC)c(OC)c(OC)c3)N=C(N)N2)c1. The molecule has 0 amide bonds. The predicted molar refractivity (Wildman–Crippen MR) is 111 cm³/mol. The Balaban J connectivity index is 2.00. The topological polar surface area (TPSA) is 96.6 Å². The molecule has 2 aromatic rings. The molecule has 1 heterocycles. The van der Waals surface area contributed by atoms with Crippen molar-refractivity contribution in [3.63, 3.8) is 0 Å². The van der Waals surface area contributed by atoms with E-state index in [1.165, 1.54) is 0 Å². The maximum atomic E-state index is 6.13. The molecule has 1 aliphatic rings. The minimum absolute atomic E-state index is 0.110. The summed E-state index contributed by atoms with van der Waals surface area (Å²) in [5.41, 5.74) is 7.99. The molecule has 156 valence electrons. The van der Waals surface area contributed by atoms with E-state index < -0.39 is 0 Å². The highest BCUT2D eigenvalue weighted by atomic mass is 16.5. The molecule has 29 heavy (non-hydrogen) atoms. The third-order valence-electron chi connectivity index (χ3n) is 4.96. The Morgan fingerprint density at radius 2 is 1.52 bits per heavy atom. The molecule has 0 saturated heterocycles. The molecule has 8 heteroatoms. The van der Waals surface area contributed by atoms with Crippen LogP contribution in [0.4, 0.5) is 0 Å². The quantitative estimate of drug-likeness (QED) is 0.736. The maximum Gasteiger partial charge on any atom is 0.203 e. The van der Waals surface area contributed by atoms with Crippen molar-refractivity contribution in [3.8, 4) is 28.7 Å². The monoisotopic (exact) mass is 401 g/mol. The van der Waals surface area contributed by atoms with Gasteiger partial charge in [0.25, 0.3) is 0 Å². The van der Waals surface area contributed by atoms with Crippen LogP contribution in [0, 0.1) is 0 Å². The highest BCUT2D eigenvalue weighted by Gasteiger charge is 2.28. The van der Waals surface area contributed by atoms with E-state index in [9.17, 15) is 0 Å². The first-order chi connectivity index (χ1) is 14.0. The molecule has 0 aromatic heterocycles. The highest BCUT2D eigenvalue weighted by Crippen LogP contribution is 2.43. The van der Waals surface area contributed by atoms with E-state index in [0.29, 0.717) is 29.6 Å². The Morgan fingerprint density at radius 3 is 2.07 bits per heavy atom. The molecule has 8 nitrogen and oxygen atoms in total. The Labute approximate surface area is 170 Å². The van der Waals surface area contributed by atoms with Crippen molar-refractivity contribution in [2.24, 2.45) is 10.7 Å². The Bertz CT molecular complexity index is 875. The number of nitrogens with two attached hydrogens (primary N) is 1. The Hall–Kier alpha value is -3.29. The van der Waals surface area contributed by atoms with Gasteiger partial charge in [-0.1, -0.05) is 0 Å². The first kappa shape index (κ1) is 20.4. The van der Waals surface area contributed by atoms with Crippen molar-refractivity contribution in [2.45, 2.75) is 18.5 Å². The summed E-state index contributed by atoms with van der Waals surface area (Å²) in [4.78, 5) is 4.59. The number of nitrogens with one attached hydrogen (secondary N) is 1. The van der Waals surface area contributed by atoms with Crippen LogP contribution < -0.4 is 34.7 Å². The van der Waals surface area contributed by atoms with Gasteiger partial charge >= 0.3 is 0 Å². The van der Waals surface area contributed by atoms with Crippen molar-refractivity contribution in [1.82, 2.24) is 5.32 Å². The largest absolute Gasteiger partial charge is 0.497 e. The van der Waals surface area contributed by atoms with E-state index >= 15 is 0 Å². The molecular weight excluding hydrogens is 374 g/mol. The van der Waals surface area contributed by atoms with Gasteiger partial charge < -0.3 is 34.7 Å². The molecule has 0 fully saturated rings. The molecule has 2 atom stereocenters. The minimum atomic E-state index is -0.203. The molecular formula is C21H27N3O5. The second-order valence-electron chi connectivity index (χ2n) is 6.53. The number of ether oxygens (including phenoxy) is 5. The van der Waals surface area contributed by atoms with Gasteiger partial charge in [0, 0.05) is 5.56 Å².